The SMILES string of the molecule is CC(N[C@H]1CCCCNC1=O)C(=O)OCc1ccccc1. The molecule has 0 bridgehead atoms. The summed E-state index contributed by atoms with van der Waals surface area (Å²) in [6, 6.07) is 8.73. The van der Waals surface area contributed by atoms with Crippen molar-refractivity contribution in [3.8, 4) is 0 Å². The Morgan fingerprint density at radius 2 is 2.14 bits per heavy atom. The zero-order chi connectivity index (χ0) is 15.1. The molecule has 1 amide bonds. The molecule has 0 saturated carbocycles. The summed E-state index contributed by atoms with van der Waals surface area (Å²) in [6.45, 7) is 2.69. The molecule has 0 radical (unpaired) electrons. The molecule has 1 heterocycles. The van der Waals surface area contributed by atoms with Gasteiger partial charge in [-0.3, -0.25) is 14.9 Å². The first-order valence-electron chi connectivity index (χ1n) is 7.41. The van der Waals surface area contributed by atoms with E-state index in [0.29, 0.717) is 6.54 Å². The highest BCUT2D eigenvalue weighted by Gasteiger charge is 2.25. The van der Waals surface area contributed by atoms with Crippen LogP contribution < -0.4 is 10.6 Å². The van der Waals surface area contributed by atoms with E-state index in [1.807, 2.05) is 30.3 Å². The van der Waals surface area contributed by atoms with Gasteiger partial charge in [-0.2, -0.15) is 0 Å². The molecule has 0 aliphatic carbocycles. The summed E-state index contributed by atoms with van der Waals surface area (Å²) in [5.74, 6) is -0.369. The van der Waals surface area contributed by atoms with Gasteiger partial charge in [0, 0.05) is 6.54 Å². The third-order valence-electron chi connectivity index (χ3n) is 3.56. The van der Waals surface area contributed by atoms with Gasteiger partial charge in [0.05, 0.1) is 6.04 Å². The smallest absolute Gasteiger partial charge is 0.323 e. The highest BCUT2D eigenvalue weighted by Crippen LogP contribution is 2.07. The van der Waals surface area contributed by atoms with E-state index in [1.165, 1.54) is 0 Å². The fraction of sp³-hybridized carbons (Fsp3) is 0.500. The van der Waals surface area contributed by atoms with Crippen molar-refractivity contribution >= 4 is 11.9 Å². The highest BCUT2D eigenvalue weighted by atomic mass is 16.5. The molecule has 5 heteroatoms. The Morgan fingerprint density at radius 1 is 1.38 bits per heavy atom. The van der Waals surface area contributed by atoms with E-state index in [9.17, 15) is 9.59 Å². The number of benzene rings is 1. The van der Waals surface area contributed by atoms with E-state index in [4.69, 9.17) is 4.74 Å². The largest absolute Gasteiger partial charge is 0.460 e. The number of amides is 1. The molecule has 1 aliphatic heterocycles. The first kappa shape index (κ1) is 15.5. The van der Waals surface area contributed by atoms with Gasteiger partial charge in [0.25, 0.3) is 0 Å². The highest BCUT2D eigenvalue weighted by molar-refractivity contribution is 5.83. The van der Waals surface area contributed by atoms with E-state index in [0.717, 1.165) is 24.8 Å². The summed E-state index contributed by atoms with van der Waals surface area (Å²) >= 11 is 0. The molecule has 1 unspecified atom stereocenters. The Kier molecular flexibility index (Phi) is 5.75. The van der Waals surface area contributed by atoms with Crippen LogP contribution in [-0.2, 0) is 20.9 Å². The van der Waals surface area contributed by atoms with Crippen LogP contribution in [0.1, 0.15) is 31.7 Å². The predicted octanol–water partition coefficient (Wildman–Crippen LogP) is 1.38. The molecule has 5 nitrogen and oxygen atoms in total. The topological polar surface area (TPSA) is 67.4 Å². The first-order chi connectivity index (χ1) is 10.2. The Morgan fingerprint density at radius 3 is 2.90 bits per heavy atom. The Hall–Kier alpha value is -1.88. The number of hydrogen-bond donors (Lipinski definition) is 2. The van der Waals surface area contributed by atoms with Gasteiger partial charge in [-0.25, -0.2) is 0 Å². The fourth-order valence-corrected chi connectivity index (χ4v) is 2.32. The molecular weight excluding hydrogens is 268 g/mol. The van der Waals surface area contributed by atoms with E-state index >= 15 is 0 Å². The number of hydrogen-bond acceptors (Lipinski definition) is 4. The van der Waals surface area contributed by atoms with Gasteiger partial charge >= 0.3 is 5.97 Å². The third-order valence-corrected chi connectivity index (χ3v) is 3.56. The maximum atomic E-state index is 12.0. The van der Waals surface area contributed by atoms with Gasteiger partial charge in [0.1, 0.15) is 12.6 Å². The minimum Gasteiger partial charge on any atom is -0.460 e. The second kappa shape index (κ2) is 7.78. The van der Waals surface area contributed by atoms with E-state index < -0.39 is 6.04 Å². The zero-order valence-corrected chi connectivity index (χ0v) is 12.3. The molecule has 0 spiro atoms. The Bertz CT molecular complexity index is 476. The first-order valence-corrected chi connectivity index (χ1v) is 7.41. The van der Waals surface area contributed by atoms with Gasteiger partial charge < -0.3 is 10.1 Å². The average Bonchev–Trinajstić information content (AvgIpc) is 2.71. The molecular formula is C16H22N2O3. The lowest BCUT2D eigenvalue weighted by Gasteiger charge is -2.19. The number of carbonyl (C=O) groups excluding carboxylic acids is 2. The number of esters is 1. The number of nitrogens with one attached hydrogen (secondary N) is 2. The zero-order valence-electron chi connectivity index (χ0n) is 12.3. The van der Waals surface area contributed by atoms with Crippen LogP contribution in [0.2, 0.25) is 0 Å². The van der Waals surface area contributed by atoms with Crippen molar-refractivity contribution in [3.63, 3.8) is 0 Å². The Balaban J connectivity index is 1.80. The lowest BCUT2D eigenvalue weighted by Crippen LogP contribution is -2.49. The second-order valence-electron chi connectivity index (χ2n) is 5.32. The van der Waals surface area contributed by atoms with Crippen molar-refractivity contribution in [3.05, 3.63) is 35.9 Å². The lowest BCUT2D eigenvalue weighted by atomic mass is 10.1. The van der Waals surface area contributed by atoms with Crippen LogP contribution in [0.15, 0.2) is 30.3 Å². The summed E-state index contributed by atoms with van der Waals surface area (Å²) < 4.78 is 5.26. The van der Waals surface area contributed by atoms with Crippen LogP contribution in [0.25, 0.3) is 0 Å². The van der Waals surface area contributed by atoms with Crippen molar-refractivity contribution in [2.45, 2.75) is 44.9 Å². The fourth-order valence-electron chi connectivity index (χ4n) is 2.32. The van der Waals surface area contributed by atoms with Gasteiger partial charge in [-0.1, -0.05) is 30.3 Å². The summed E-state index contributed by atoms with van der Waals surface area (Å²) in [7, 11) is 0. The molecule has 0 aromatic heterocycles. The second-order valence-corrected chi connectivity index (χ2v) is 5.32. The van der Waals surface area contributed by atoms with Gasteiger partial charge in [0.2, 0.25) is 5.91 Å². The molecule has 114 valence electrons. The molecule has 2 atom stereocenters. The number of ether oxygens (including phenoxy) is 1. The van der Waals surface area contributed by atoms with Gasteiger partial charge in [-0.15, -0.1) is 0 Å². The van der Waals surface area contributed by atoms with Crippen molar-refractivity contribution < 1.29 is 14.3 Å². The molecule has 1 fully saturated rings. The molecule has 2 N–H and O–H groups in total. The van der Waals surface area contributed by atoms with Gasteiger partial charge in [-0.05, 0) is 31.7 Å². The summed E-state index contributed by atoms with van der Waals surface area (Å²) in [4.78, 5) is 23.8. The van der Waals surface area contributed by atoms with Crippen LogP contribution in [-0.4, -0.2) is 30.5 Å². The molecule has 1 aromatic carbocycles. The normalized spacial score (nSPS) is 20.2. The predicted molar refractivity (Wildman–Crippen MR) is 79.5 cm³/mol. The molecule has 1 aromatic rings. The van der Waals surface area contributed by atoms with Crippen LogP contribution in [0.3, 0.4) is 0 Å². The quantitative estimate of drug-likeness (QED) is 0.804. The molecule has 1 saturated heterocycles. The van der Waals surface area contributed by atoms with Crippen molar-refractivity contribution in [2.75, 3.05) is 6.54 Å². The van der Waals surface area contributed by atoms with Crippen molar-refractivity contribution in [1.82, 2.24) is 10.6 Å². The van der Waals surface area contributed by atoms with Crippen LogP contribution in [0, 0.1) is 0 Å². The third kappa shape index (κ3) is 4.86. The number of carbonyl (C=O) groups is 2. The monoisotopic (exact) mass is 290 g/mol. The van der Waals surface area contributed by atoms with Gasteiger partial charge in [0.15, 0.2) is 0 Å². The maximum Gasteiger partial charge on any atom is 0.323 e. The maximum absolute atomic E-state index is 12.0. The summed E-state index contributed by atoms with van der Waals surface area (Å²) in [5, 5.41) is 5.90. The van der Waals surface area contributed by atoms with Crippen molar-refractivity contribution in [1.29, 1.82) is 0 Å². The summed E-state index contributed by atoms with van der Waals surface area (Å²) in [5.41, 5.74) is 0.949. The van der Waals surface area contributed by atoms with Crippen LogP contribution in [0.5, 0.6) is 0 Å². The number of rotatable bonds is 5. The van der Waals surface area contributed by atoms with Crippen LogP contribution >= 0.6 is 0 Å². The standard InChI is InChI=1S/C16H22N2O3/c1-12(18-14-9-5-6-10-17-15(14)19)16(20)21-11-13-7-3-2-4-8-13/h2-4,7-8,12,14,18H,5-6,9-11H2,1H3,(H,17,19)/t12?,14-/m0/s1. The Labute approximate surface area is 125 Å². The summed E-state index contributed by atoms with van der Waals surface area (Å²) in [6.07, 6.45) is 2.71. The molecule has 2 rings (SSSR count). The lowest BCUT2D eigenvalue weighted by molar-refractivity contribution is -0.147. The molecule has 21 heavy (non-hydrogen) atoms. The molecule has 1 aliphatic rings. The van der Waals surface area contributed by atoms with E-state index in [1.54, 1.807) is 6.92 Å². The average molecular weight is 290 g/mol. The van der Waals surface area contributed by atoms with E-state index in [-0.39, 0.29) is 24.5 Å². The van der Waals surface area contributed by atoms with Crippen molar-refractivity contribution in [2.24, 2.45) is 0 Å². The van der Waals surface area contributed by atoms with Crippen LogP contribution in [0.4, 0.5) is 0 Å². The minimum absolute atomic E-state index is 0.0322. The minimum atomic E-state index is -0.498. The van der Waals surface area contributed by atoms with E-state index in [2.05, 4.69) is 10.6 Å².